The summed E-state index contributed by atoms with van der Waals surface area (Å²) in [6.45, 7) is 1.60. The summed E-state index contributed by atoms with van der Waals surface area (Å²) in [5.74, 6) is -0.754. The first-order valence-electron chi connectivity index (χ1n) is 3.45. The first-order valence-corrected chi connectivity index (χ1v) is 3.45. The number of benzene rings is 1. The van der Waals surface area contributed by atoms with Gasteiger partial charge < -0.3 is 0 Å². The monoisotopic (exact) mass is 164 g/mol. The summed E-state index contributed by atoms with van der Waals surface area (Å²) in [5, 5.41) is 6.82. The van der Waals surface area contributed by atoms with Gasteiger partial charge in [0.25, 0.3) is 5.91 Å². The molecule has 0 radical (unpaired) electrons. The molecule has 60 valence electrons. The molecule has 0 saturated heterocycles. The summed E-state index contributed by atoms with van der Waals surface area (Å²) in [6, 6.07) is 2.69. The highest BCUT2D eigenvalue weighted by Gasteiger charge is 2.18. The molecule has 0 aromatic heterocycles. The van der Waals surface area contributed by atoms with E-state index in [4.69, 9.17) is 0 Å². The standard InChI is InChI=1S/C8H5FN2O/c1-4-2-5-7(3-6(4)9)10-11-8(5)12/h2-3H,1H3. The number of carbonyl (C=O) groups excluding carboxylic acids is 1. The molecule has 1 amide bonds. The van der Waals surface area contributed by atoms with E-state index < -0.39 is 5.91 Å². The van der Waals surface area contributed by atoms with Crippen LogP contribution in [0.25, 0.3) is 0 Å². The maximum absolute atomic E-state index is 12.9. The Balaban J connectivity index is 2.69. The fourth-order valence-corrected chi connectivity index (χ4v) is 1.08. The molecule has 0 bridgehead atoms. The van der Waals surface area contributed by atoms with Gasteiger partial charge in [0.15, 0.2) is 0 Å². The summed E-state index contributed by atoms with van der Waals surface area (Å²) in [4.78, 5) is 10.9. The first kappa shape index (κ1) is 7.09. The van der Waals surface area contributed by atoms with E-state index in [9.17, 15) is 9.18 Å². The number of hydrogen-bond donors (Lipinski definition) is 0. The van der Waals surface area contributed by atoms with E-state index in [2.05, 4.69) is 10.2 Å². The highest BCUT2D eigenvalue weighted by atomic mass is 19.1. The lowest BCUT2D eigenvalue weighted by Gasteiger charge is -1.97. The molecular formula is C8H5FN2O. The molecule has 0 spiro atoms. The van der Waals surface area contributed by atoms with Gasteiger partial charge in [-0.25, -0.2) is 4.39 Å². The van der Waals surface area contributed by atoms with Crippen molar-refractivity contribution in [3.8, 4) is 0 Å². The third-order valence-corrected chi connectivity index (χ3v) is 1.76. The molecule has 4 heteroatoms. The van der Waals surface area contributed by atoms with Gasteiger partial charge in [0.05, 0.1) is 5.56 Å². The summed E-state index contributed by atoms with van der Waals surface area (Å²) >= 11 is 0. The quantitative estimate of drug-likeness (QED) is 0.580. The van der Waals surface area contributed by atoms with Crippen molar-refractivity contribution in [2.45, 2.75) is 6.92 Å². The number of amides is 1. The zero-order chi connectivity index (χ0) is 8.72. The molecule has 3 nitrogen and oxygen atoms in total. The molecule has 2 rings (SSSR count). The van der Waals surface area contributed by atoms with Crippen LogP contribution in [-0.2, 0) is 0 Å². The minimum Gasteiger partial charge on any atom is -0.265 e. The third kappa shape index (κ3) is 0.845. The number of hydrogen-bond acceptors (Lipinski definition) is 2. The lowest BCUT2D eigenvalue weighted by molar-refractivity contribution is 0.100. The van der Waals surface area contributed by atoms with Gasteiger partial charge in [0.1, 0.15) is 11.5 Å². The summed E-state index contributed by atoms with van der Waals surface area (Å²) in [7, 11) is 0. The minimum atomic E-state index is -0.395. The Morgan fingerprint density at radius 1 is 1.33 bits per heavy atom. The van der Waals surface area contributed by atoms with Crippen LogP contribution in [0.5, 0.6) is 0 Å². The van der Waals surface area contributed by atoms with E-state index in [1.807, 2.05) is 0 Å². The molecule has 1 aromatic carbocycles. The van der Waals surface area contributed by atoms with Crippen LogP contribution in [0.2, 0.25) is 0 Å². The van der Waals surface area contributed by atoms with E-state index in [1.165, 1.54) is 12.1 Å². The predicted octanol–water partition coefficient (Wildman–Crippen LogP) is 2.37. The second kappa shape index (κ2) is 2.20. The Morgan fingerprint density at radius 2 is 2.08 bits per heavy atom. The highest BCUT2D eigenvalue weighted by Crippen LogP contribution is 2.28. The Bertz CT molecular complexity index is 398. The van der Waals surface area contributed by atoms with E-state index >= 15 is 0 Å². The number of halogens is 1. The van der Waals surface area contributed by atoms with Crippen LogP contribution in [-0.4, -0.2) is 5.91 Å². The van der Waals surface area contributed by atoms with Crippen molar-refractivity contribution < 1.29 is 9.18 Å². The van der Waals surface area contributed by atoms with Gasteiger partial charge in [0, 0.05) is 6.07 Å². The molecular weight excluding hydrogens is 159 g/mol. The van der Waals surface area contributed by atoms with Gasteiger partial charge >= 0.3 is 0 Å². The van der Waals surface area contributed by atoms with Gasteiger partial charge in [-0.05, 0) is 18.6 Å². The SMILES string of the molecule is Cc1cc2c(cc1F)N=NC2=O. The van der Waals surface area contributed by atoms with Gasteiger partial charge in [-0.3, -0.25) is 4.79 Å². The van der Waals surface area contributed by atoms with Crippen LogP contribution in [0, 0.1) is 12.7 Å². The summed E-state index contributed by atoms with van der Waals surface area (Å²) in [5.41, 5.74) is 1.14. The van der Waals surface area contributed by atoms with Crippen molar-refractivity contribution in [2.24, 2.45) is 10.2 Å². The second-order valence-electron chi connectivity index (χ2n) is 2.62. The molecule has 1 heterocycles. The Hall–Kier alpha value is -1.58. The second-order valence-corrected chi connectivity index (χ2v) is 2.62. The molecule has 1 aliphatic heterocycles. The number of fused-ring (bicyclic) bond motifs is 1. The predicted molar refractivity (Wildman–Crippen MR) is 40.0 cm³/mol. The summed E-state index contributed by atoms with van der Waals surface area (Å²) < 4.78 is 12.9. The normalized spacial score (nSPS) is 13.7. The van der Waals surface area contributed by atoms with Gasteiger partial charge in [-0.1, -0.05) is 0 Å². The molecule has 0 aliphatic carbocycles. The molecule has 1 aliphatic rings. The van der Waals surface area contributed by atoms with E-state index in [0.29, 0.717) is 16.8 Å². The lowest BCUT2D eigenvalue weighted by atomic mass is 10.1. The minimum absolute atomic E-state index is 0.322. The average molecular weight is 164 g/mol. The van der Waals surface area contributed by atoms with Crippen LogP contribution in [0.1, 0.15) is 15.9 Å². The molecule has 12 heavy (non-hydrogen) atoms. The van der Waals surface area contributed by atoms with E-state index in [1.54, 1.807) is 6.92 Å². The van der Waals surface area contributed by atoms with Crippen molar-refractivity contribution in [3.63, 3.8) is 0 Å². The van der Waals surface area contributed by atoms with Crippen molar-refractivity contribution in [2.75, 3.05) is 0 Å². The van der Waals surface area contributed by atoms with Crippen molar-refractivity contribution in [1.82, 2.24) is 0 Å². The first-order chi connectivity index (χ1) is 5.68. The molecule has 0 fully saturated rings. The number of rotatable bonds is 0. The van der Waals surface area contributed by atoms with Crippen molar-refractivity contribution in [3.05, 3.63) is 29.1 Å². The van der Waals surface area contributed by atoms with Gasteiger partial charge in [-0.15, -0.1) is 10.2 Å². The van der Waals surface area contributed by atoms with Gasteiger partial charge in [-0.2, -0.15) is 0 Å². The highest BCUT2D eigenvalue weighted by molar-refractivity contribution is 6.01. The molecule has 0 atom stereocenters. The smallest absolute Gasteiger partial charge is 0.265 e. The number of nitrogens with zero attached hydrogens (tertiary/aromatic N) is 2. The molecule has 1 aromatic rings. The fourth-order valence-electron chi connectivity index (χ4n) is 1.08. The lowest BCUT2D eigenvalue weighted by Crippen LogP contribution is -1.91. The third-order valence-electron chi connectivity index (χ3n) is 1.76. The molecule has 0 saturated carbocycles. The topological polar surface area (TPSA) is 41.8 Å². The Labute approximate surface area is 67.9 Å². The molecule has 0 unspecified atom stereocenters. The summed E-state index contributed by atoms with van der Waals surface area (Å²) in [6.07, 6.45) is 0. The van der Waals surface area contributed by atoms with Crippen LogP contribution in [0.3, 0.4) is 0 Å². The largest absolute Gasteiger partial charge is 0.297 e. The maximum Gasteiger partial charge on any atom is 0.297 e. The Morgan fingerprint density at radius 3 is 2.83 bits per heavy atom. The van der Waals surface area contributed by atoms with Crippen LogP contribution in [0.4, 0.5) is 10.1 Å². The van der Waals surface area contributed by atoms with Gasteiger partial charge in [0.2, 0.25) is 0 Å². The van der Waals surface area contributed by atoms with E-state index in [-0.39, 0.29) is 5.82 Å². The number of azo groups is 1. The van der Waals surface area contributed by atoms with Crippen LogP contribution >= 0.6 is 0 Å². The van der Waals surface area contributed by atoms with Crippen molar-refractivity contribution in [1.29, 1.82) is 0 Å². The van der Waals surface area contributed by atoms with Crippen LogP contribution in [0.15, 0.2) is 22.4 Å². The number of carbonyl (C=O) groups is 1. The van der Waals surface area contributed by atoms with Crippen LogP contribution < -0.4 is 0 Å². The zero-order valence-electron chi connectivity index (χ0n) is 6.34. The maximum atomic E-state index is 12.9. The molecule has 0 N–H and O–H groups in total. The number of aryl methyl sites for hydroxylation is 1. The fraction of sp³-hybridized carbons (Fsp3) is 0.125. The van der Waals surface area contributed by atoms with E-state index in [0.717, 1.165) is 0 Å². The zero-order valence-corrected chi connectivity index (χ0v) is 6.34. The Kier molecular flexibility index (Phi) is 1.30. The average Bonchev–Trinajstić information content (AvgIpc) is 2.35. The van der Waals surface area contributed by atoms with Crippen molar-refractivity contribution >= 4 is 11.6 Å².